The maximum atomic E-state index is 13.9. The third-order valence-corrected chi connectivity index (χ3v) is 4.61. The van der Waals surface area contributed by atoms with Crippen molar-refractivity contribution in [2.45, 2.75) is 18.1 Å². The van der Waals surface area contributed by atoms with Crippen LogP contribution in [0.15, 0.2) is 41.0 Å². The largest absolute Gasteiger partial charge is 0.469 e. The topological polar surface area (TPSA) is 76.4 Å². The van der Waals surface area contributed by atoms with E-state index in [-0.39, 0.29) is 29.1 Å². The first-order valence-corrected chi connectivity index (χ1v) is 9.20. The zero-order chi connectivity index (χ0) is 16.6. The monoisotopic (exact) mass is 337 g/mol. The van der Waals surface area contributed by atoms with Crippen LogP contribution in [-0.4, -0.2) is 20.6 Å². The highest BCUT2D eigenvalue weighted by Crippen LogP contribution is 2.48. The number of anilines is 1. The molecule has 0 saturated heterocycles. The molecule has 23 heavy (non-hydrogen) atoms. The summed E-state index contributed by atoms with van der Waals surface area (Å²) in [5, 5.41) is 2.66. The fourth-order valence-electron chi connectivity index (χ4n) is 2.56. The van der Waals surface area contributed by atoms with Crippen LogP contribution >= 0.6 is 0 Å². The molecule has 0 unspecified atom stereocenters. The molecule has 1 aliphatic carbocycles. The lowest BCUT2D eigenvalue weighted by molar-refractivity contribution is -0.117. The minimum absolute atomic E-state index is 0.0688. The number of furan rings is 1. The van der Waals surface area contributed by atoms with Gasteiger partial charge in [-0.2, -0.15) is 0 Å². The van der Waals surface area contributed by atoms with Gasteiger partial charge in [-0.3, -0.25) is 4.79 Å². The zero-order valence-electron chi connectivity index (χ0n) is 12.5. The highest BCUT2D eigenvalue weighted by molar-refractivity contribution is 7.89. The van der Waals surface area contributed by atoms with Crippen molar-refractivity contribution < 1.29 is 22.0 Å². The number of carbonyl (C=O) groups excluding carboxylic acids is 1. The van der Waals surface area contributed by atoms with E-state index in [4.69, 9.17) is 4.42 Å². The van der Waals surface area contributed by atoms with Crippen LogP contribution in [0.5, 0.6) is 0 Å². The summed E-state index contributed by atoms with van der Waals surface area (Å²) in [4.78, 5) is 12.1. The van der Waals surface area contributed by atoms with Gasteiger partial charge in [-0.25, -0.2) is 12.8 Å². The van der Waals surface area contributed by atoms with Crippen molar-refractivity contribution in [3.05, 3.63) is 53.7 Å². The smallest absolute Gasteiger partial charge is 0.228 e. The minimum atomic E-state index is -3.31. The van der Waals surface area contributed by atoms with Gasteiger partial charge in [-0.1, -0.05) is 6.07 Å². The molecule has 1 aliphatic rings. The molecule has 2 aromatic rings. The standard InChI is InChI=1S/C16H16FNO4S/c1-23(20,21)9-10-4-5-11(7-14(10)17)18-16(19)13-8-12(13)15-3-2-6-22-15/h2-7,12-13H,8-9H2,1H3,(H,18,19)/t12-,13+/m1/s1. The molecule has 1 aromatic carbocycles. The summed E-state index contributed by atoms with van der Waals surface area (Å²) < 4.78 is 41.6. The summed E-state index contributed by atoms with van der Waals surface area (Å²) in [5.41, 5.74) is 0.403. The number of hydrogen-bond acceptors (Lipinski definition) is 4. The van der Waals surface area contributed by atoms with E-state index in [1.165, 1.54) is 12.1 Å². The van der Waals surface area contributed by atoms with Gasteiger partial charge in [0.25, 0.3) is 0 Å². The molecule has 0 radical (unpaired) electrons. The predicted octanol–water partition coefficient (Wildman–Crippen LogP) is 2.71. The number of halogens is 1. The summed E-state index contributed by atoms with van der Waals surface area (Å²) in [7, 11) is -3.31. The molecule has 3 rings (SSSR count). The van der Waals surface area contributed by atoms with Crippen molar-refractivity contribution in [1.29, 1.82) is 0 Å². The van der Waals surface area contributed by atoms with Crippen molar-refractivity contribution in [2.75, 3.05) is 11.6 Å². The Morgan fingerprint density at radius 1 is 1.39 bits per heavy atom. The first-order chi connectivity index (χ1) is 10.8. The third kappa shape index (κ3) is 3.79. The van der Waals surface area contributed by atoms with Crippen LogP contribution in [-0.2, 0) is 20.4 Å². The Hall–Kier alpha value is -2.15. The highest BCUT2D eigenvalue weighted by Gasteiger charge is 2.45. The number of rotatable bonds is 5. The average Bonchev–Trinajstić information content (AvgIpc) is 3.07. The second-order valence-corrected chi connectivity index (χ2v) is 7.97. The lowest BCUT2D eigenvalue weighted by atomic mass is 10.2. The molecule has 1 aromatic heterocycles. The predicted molar refractivity (Wildman–Crippen MR) is 83.1 cm³/mol. The van der Waals surface area contributed by atoms with E-state index < -0.39 is 15.7 Å². The molecular formula is C16H16FNO4S. The van der Waals surface area contributed by atoms with Gasteiger partial charge in [0.1, 0.15) is 11.6 Å². The van der Waals surface area contributed by atoms with E-state index in [2.05, 4.69) is 5.32 Å². The Labute approximate surface area is 133 Å². The lowest BCUT2D eigenvalue weighted by Crippen LogP contribution is -2.15. The summed E-state index contributed by atoms with van der Waals surface area (Å²) >= 11 is 0. The van der Waals surface area contributed by atoms with E-state index in [0.29, 0.717) is 12.1 Å². The molecule has 1 N–H and O–H groups in total. The normalized spacial score (nSPS) is 20.3. The SMILES string of the molecule is CS(=O)(=O)Cc1ccc(NC(=O)[C@H]2C[C@H]2c2ccco2)cc1F. The van der Waals surface area contributed by atoms with Gasteiger partial charge >= 0.3 is 0 Å². The molecule has 1 amide bonds. The Morgan fingerprint density at radius 3 is 2.78 bits per heavy atom. The fraction of sp³-hybridized carbons (Fsp3) is 0.312. The second-order valence-electron chi connectivity index (χ2n) is 5.83. The van der Waals surface area contributed by atoms with Gasteiger partial charge in [0, 0.05) is 29.3 Å². The molecule has 1 saturated carbocycles. The number of benzene rings is 1. The van der Waals surface area contributed by atoms with E-state index in [0.717, 1.165) is 18.1 Å². The molecule has 122 valence electrons. The Bertz CT molecular complexity index is 830. The summed E-state index contributed by atoms with van der Waals surface area (Å²) in [6.45, 7) is 0. The molecule has 1 fully saturated rings. The quantitative estimate of drug-likeness (QED) is 0.910. The Morgan fingerprint density at radius 2 is 2.17 bits per heavy atom. The van der Waals surface area contributed by atoms with Gasteiger partial charge in [-0.05, 0) is 30.7 Å². The molecular weight excluding hydrogens is 321 g/mol. The molecule has 7 heteroatoms. The Balaban J connectivity index is 1.65. The molecule has 0 spiro atoms. The van der Waals surface area contributed by atoms with Crippen LogP contribution in [0.4, 0.5) is 10.1 Å². The first kappa shape index (κ1) is 15.7. The van der Waals surface area contributed by atoms with Crippen molar-refractivity contribution in [3.63, 3.8) is 0 Å². The Kier molecular flexibility index (Phi) is 3.97. The molecule has 0 aliphatic heterocycles. The molecule has 0 bridgehead atoms. The van der Waals surface area contributed by atoms with Crippen LogP contribution in [0.25, 0.3) is 0 Å². The van der Waals surface area contributed by atoms with E-state index >= 15 is 0 Å². The highest BCUT2D eigenvalue weighted by atomic mass is 32.2. The van der Waals surface area contributed by atoms with Gasteiger partial charge in [0.05, 0.1) is 12.0 Å². The fourth-order valence-corrected chi connectivity index (χ4v) is 3.36. The average molecular weight is 337 g/mol. The van der Waals surface area contributed by atoms with Crippen LogP contribution in [0.1, 0.15) is 23.7 Å². The maximum absolute atomic E-state index is 13.9. The summed E-state index contributed by atoms with van der Waals surface area (Å²) in [6.07, 6.45) is 3.32. The van der Waals surface area contributed by atoms with Crippen LogP contribution in [0, 0.1) is 11.7 Å². The third-order valence-electron chi connectivity index (χ3n) is 3.77. The zero-order valence-corrected chi connectivity index (χ0v) is 13.3. The van der Waals surface area contributed by atoms with Gasteiger partial charge in [0.15, 0.2) is 9.84 Å². The first-order valence-electron chi connectivity index (χ1n) is 7.14. The van der Waals surface area contributed by atoms with Crippen LogP contribution < -0.4 is 5.32 Å². The van der Waals surface area contributed by atoms with Crippen molar-refractivity contribution >= 4 is 21.4 Å². The number of sulfone groups is 1. The molecule has 1 heterocycles. The molecule has 5 nitrogen and oxygen atoms in total. The van der Waals surface area contributed by atoms with Crippen LogP contribution in [0.3, 0.4) is 0 Å². The van der Waals surface area contributed by atoms with Gasteiger partial charge in [-0.15, -0.1) is 0 Å². The number of hydrogen-bond donors (Lipinski definition) is 1. The molecule has 2 atom stereocenters. The number of nitrogens with one attached hydrogen (secondary N) is 1. The maximum Gasteiger partial charge on any atom is 0.228 e. The van der Waals surface area contributed by atoms with Crippen LogP contribution in [0.2, 0.25) is 0 Å². The van der Waals surface area contributed by atoms with E-state index in [9.17, 15) is 17.6 Å². The summed E-state index contributed by atoms with van der Waals surface area (Å²) in [5.74, 6) is -0.539. The van der Waals surface area contributed by atoms with E-state index in [1.807, 2.05) is 6.07 Å². The lowest BCUT2D eigenvalue weighted by Gasteiger charge is -2.07. The van der Waals surface area contributed by atoms with Crippen molar-refractivity contribution in [1.82, 2.24) is 0 Å². The number of amides is 1. The second kappa shape index (κ2) is 5.81. The number of carbonyl (C=O) groups is 1. The van der Waals surface area contributed by atoms with Gasteiger partial charge in [0.2, 0.25) is 5.91 Å². The van der Waals surface area contributed by atoms with E-state index in [1.54, 1.807) is 12.3 Å². The van der Waals surface area contributed by atoms with Crippen molar-refractivity contribution in [3.8, 4) is 0 Å². The summed E-state index contributed by atoms with van der Waals surface area (Å²) in [6, 6.07) is 7.63. The van der Waals surface area contributed by atoms with Gasteiger partial charge < -0.3 is 9.73 Å². The minimum Gasteiger partial charge on any atom is -0.469 e. The van der Waals surface area contributed by atoms with Crippen molar-refractivity contribution in [2.24, 2.45) is 5.92 Å².